The molecule has 3 aromatic rings. The summed E-state index contributed by atoms with van der Waals surface area (Å²) in [5.41, 5.74) is 2.17. The molecule has 6 heteroatoms. The molecule has 1 N–H and O–H groups in total. The molecule has 26 heavy (non-hydrogen) atoms. The predicted molar refractivity (Wildman–Crippen MR) is 103 cm³/mol. The molecule has 0 radical (unpaired) electrons. The number of benzene rings is 1. The normalized spacial score (nSPS) is 16.1. The number of hydrogen-bond acceptors (Lipinski definition) is 4. The van der Waals surface area contributed by atoms with Gasteiger partial charge >= 0.3 is 0 Å². The number of aromatic nitrogens is 3. The van der Waals surface area contributed by atoms with Crippen LogP contribution in [0, 0.1) is 5.92 Å². The van der Waals surface area contributed by atoms with Crippen molar-refractivity contribution < 1.29 is 4.79 Å². The number of piperidine rings is 1. The minimum absolute atomic E-state index is 0.0745. The van der Waals surface area contributed by atoms with E-state index in [1.54, 1.807) is 4.68 Å². The number of nitrogens with zero attached hydrogens (tertiary/aromatic N) is 4. The fourth-order valence-electron chi connectivity index (χ4n) is 3.46. The number of hydrogen-bond donors (Lipinski definition) is 1. The minimum Gasteiger partial charge on any atom is -0.310 e. The lowest BCUT2D eigenvalue weighted by molar-refractivity contribution is -0.121. The van der Waals surface area contributed by atoms with Gasteiger partial charge in [0.25, 0.3) is 0 Å². The second kappa shape index (κ2) is 6.88. The molecule has 1 aliphatic rings. The molecule has 0 spiro atoms. The zero-order valence-electron chi connectivity index (χ0n) is 15.1. The van der Waals surface area contributed by atoms with E-state index >= 15 is 0 Å². The summed E-state index contributed by atoms with van der Waals surface area (Å²) in [6.45, 7) is 1.94. The van der Waals surface area contributed by atoms with Crippen LogP contribution < -0.4 is 5.32 Å². The summed E-state index contributed by atoms with van der Waals surface area (Å²) in [4.78, 5) is 19.2. The fourth-order valence-corrected chi connectivity index (χ4v) is 3.46. The highest BCUT2D eigenvalue weighted by molar-refractivity contribution is 5.95. The molecule has 0 unspecified atom stereocenters. The summed E-state index contributed by atoms with van der Waals surface area (Å²) in [7, 11) is 4.00. The Hall–Kier alpha value is -2.73. The molecule has 6 nitrogen and oxygen atoms in total. The molecule has 0 saturated carbocycles. The van der Waals surface area contributed by atoms with Crippen molar-refractivity contribution >= 4 is 22.5 Å². The van der Waals surface area contributed by atoms with Crippen molar-refractivity contribution in [3.63, 3.8) is 0 Å². The summed E-state index contributed by atoms with van der Waals surface area (Å²) in [5, 5.41) is 9.33. The van der Waals surface area contributed by atoms with Gasteiger partial charge in [-0.15, -0.1) is 0 Å². The van der Waals surface area contributed by atoms with Crippen molar-refractivity contribution in [2.75, 3.05) is 25.5 Å². The molecule has 1 fully saturated rings. The number of likely N-dealkylation sites (tertiary alicyclic amines) is 1. The van der Waals surface area contributed by atoms with Crippen LogP contribution in [0.1, 0.15) is 12.8 Å². The molecule has 0 atom stereocenters. The Morgan fingerprint density at radius 1 is 1.08 bits per heavy atom. The maximum Gasteiger partial charge on any atom is 0.228 e. The molecular weight excluding hydrogens is 326 g/mol. The summed E-state index contributed by atoms with van der Waals surface area (Å²) >= 11 is 0. The van der Waals surface area contributed by atoms with Gasteiger partial charge in [-0.3, -0.25) is 9.48 Å². The lowest BCUT2D eigenvalue weighted by atomic mass is 9.96. The first-order valence-electron chi connectivity index (χ1n) is 8.97. The molecule has 1 saturated heterocycles. The number of carbonyl (C=O) groups is 1. The molecular formula is C20H23N5O. The lowest BCUT2D eigenvalue weighted by Gasteiger charge is -2.27. The average Bonchev–Trinajstić information content (AvgIpc) is 3.08. The van der Waals surface area contributed by atoms with E-state index in [0.29, 0.717) is 5.82 Å². The van der Waals surface area contributed by atoms with Crippen molar-refractivity contribution in [2.24, 2.45) is 13.0 Å². The highest BCUT2D eigenvalue weighted by Gasteiger charge is 2.23. The number of nitrogens with one attached hydrogen (secondary N) is 1. The monoisotopic (exact) mass is 349 g/mol. The van der Waals surface area contributed by atoms with E-state index in [4.69, 9.17) is 0 Å². The topological polar surface area (TPSA) is 63.1 Å². The van der Waals surface area contributed by atoms with Crippen LogP contribution in [0.25, 0.3) is 21.9 Å². The summed E-state index contributed by atoms with van der Waals surface area (Å²) in [5.74, 6) is 0.767. The molecule has 1 aromatic carbocycles. The average molecular weight is 349 g/mol. The van der Waals surface area contributed by atoms with Crippen molar-refractivity contribution in [3.05, 3.63) is 42.9 Å². The largest absolute Gasteiger partial charge is 0.310 e. The van der Waals surface area contributed by atoms with Crippen LogP contribution in [0.4, 0.5) is 5.82 Å². The van der Waals surface area contributed by atoms with Crippen molar-refractivity contribution in [1.82, 2.24) is 19.7 Å². The van der Waals surface area contributed by atoms with E-state index in [1.807, 2.05) is 37.8 Å². The van der Waals surface area contributed by atoms with Crippen molar-refractivity contribution in [1.29, 1.82) is 0 Å². The van der Waals surface area contributed by atoms with Crippen LogP contribution in [0.15, 0.2) is 42.9 Å². The number of aryl methyl sites for hydroxylation is 1. The predicted octanol–water partition coefficient (Wildman–Crippen LogP) is 2.92. The molecule has 4 rings (SSSR count). The number of amides is 1. The minimum atomic E-state index is 0.0745. The Labute approximate surface area is 152 Å². The number of fused-ring (bicyclic) bond motifs is 1. The van der Waals surface area contributed by atoms with Crippen LogP contribution in [0.2, 0.25) is 0 Å². The van der Waals surface area contributed by atoms with Crippen molar-refractivity contribution in [2.45, 2.75) is 12.8 Å². The molecule has 1 amide bonds. The van der Waals surface area contributed by atoms with E-state index < -0.39 is 0 Å². The van der Waals surface area contributed by atoms with Gasteiger partial charge in [0, 0.05) is 36.3 Å². The number of carbonyl (C=O) groups excluding carboxylic acids is 1. The Kier molecular flexibility index (Phi) is 4.42. The lowest BCUT2D eigenvalue weighted by Crippen LogP contribution is -2.36. The number of anilines is 1. The number of rotatable bonds is 3. The molecule has 3 heterocycles. The van der Waals surface area contributed by atoms with E-state index in [-0.39, 0.29) is 11.8 Å². The van der Waals surface area contributed by atoms with Gasteiger partial charge in [-0.25, -0.2) is 4.98 Å². The van der Waals surface area contributed by atoms with Gasteiger partial charge in [-0.05, 0) is 56.1 Å². The first-order valence-corrected chi connectivity index (χ1v) is 8.97. The Morgan fingerprint density at radius 3 is 2.62 bits per heavy atom. The van der Waals surface area contributed by atoms with Gasteiger partial charge < -0.3 is 10.2 Å². The Balaban J connectivity index is 1.55. The van der Waals surface area contributed by atoms with E-state index in [2.05, 4.69) is 39.5 Å². The Bertz CT molecular complexity index is 940. The van der Waals surface area contributed by atoms with Crippen LogP contribution in [-0.4, -0.2) is 45.7 Å². The summed E-state index contributed by atoms with van der Waals surface area (Å²) in [6.07, 6.45) is 7.46. The second-order valence-corrected chi connectivity index (χ2v) is 7.10. The molecule has 0 bridgehead atoms. The highest BCUT2D eigenvalue weighted by atomic mass is 16.1. The van der Waals surface area contributed by atoms with E-state index in [9.17, 15) is 4.79 Å². The smallest absolute Gasteiger partial charge is 0.228 e. The van der Waals surface area contributed by atoms with E-state index in [0.717, 1.165) is 47.8 Å². The third-order valence-electron chi connectivity index (χ3n) is 5.10. The van der Waals surface area contributed by atoms with Crippen LogP contribution >= 0.6 is 0 Å². The standard InChI is InChI=1S/C20H23N5O/c1-24-7-5-14(6-8-24)20(26)23-19-10-17-9-15(3-4-16(17)11-21-19)18-12-22-25(2)13-18/h3-4,9-14H,5-8H2,1-2H3,(H,21,23,26). The third kappa shape index (κ3) is 3.46. The molecule has 2 aromatic heterocycles. The SMILES string of the molecule is CN1CCC(C(=O)Nc2cc3cc(-c4cnn(C)c4)ccc3cn2)CC1. The molecule has 1 aliphatic heterocycles. The highest BCUT2D eigenvalue weighted by Crippen LogP contribution is 2.25. The van der Waals surface area contributed by atoms with Gasteiger partial charge in [0.05, 0.1) is 6.20 Å². The van der Waals surface area contributed by atoms with Crippen LogP contribution in [0.5, 0.6) is 0 Å². The summed E-state index contributed by atoms with van der Waals surface area (Å²) < 4.78 is 1.79. The number of pyridine rings is 1. The Morgan fingerprint density at radius 2 is 1.88 bits per heavy atom. The molecule has 134 valence electrons. The van der Waals surface area contributed by atoms with Crippen LogP contribution in [0.3, 0.4) is 0 Å². The maximum atomic E-state index is 12.5. The maximum absolute atomic E-state index is 12.5. The van der Waals surface area contributed by atoms with Gasteiger partial charge in [0.2, 0.25) is 5.91 Å². The van der Waals surface area contributed by atoms with Gasteiger partial charge in [-0.1, -0.05) is 12.1 Å². The summed E-state index contributed by atoms with van der Waals surface area (Å²) in [6, 6.07) is 8.17. The van der Waals surface area contributed by atoms with Gasteiger partial charge in [-0.2, -0.15) is 5.10 Å². The second-order valence-electron chi connectivity index (χ2n) is 7.10. The zero-order chi connectivity index (χ0) is 18.1. The van der Waals surface area contributed by atoms with Gasteiger partial charge in [0.1, 0.15) is 5.82 Å². The van der Waals surface area contributed by atoms with Crippen molar-refractivity contribution in [3.8, 4) is 11.1 Å². The first-order chi connectivity index (χ1) is 12.6. The van der Waals surface area contributed by atoms with Gasteiger partial charge in [0.15, 0.2) is 0 Å². The fraction of sp³-hybridized carbons (Fsp3) is 0.350. The zero-order valence-corrected chi connectivity index (χ0v) is 15.1. The quantitative estimate of drug-likeness (QED) is 0.790. The third-order valence-corrected chi connectivity index (χ3v) is 5.10. The van der Waals surface area contributed by atoms with E-state index in [1.165, 1.54) is 0 Å². The van der Waals surface area contributed by atoms with Crippen LogP contribution in [-0.2, 0) is 11.8 Å². The molecule has 0 aliphatic carbocycles. The first kappa shape index (κ1) is 16.7.